The zero-order valence-corrected chi connectivity index (χ0v) is 12.8. The van der Waals surface area contributed by atoms with Crippen molar-refractivity contribution in [1.82, 2.24) is 5.32 Å². The van der Waals surface area contributed by atoms with Gasteiger partial charge in [0.2, 0.25) is 0 Å². The summed E-state index contributed by atoms with van der Waals surface area (Å²) in [5.41, 5.74) is -0.315. The van der Waals surface area contributed by atoms with Crippen molar-refractivity contribution in [2.24, 2.45) is 0 Å². The van der Waals surface area contributed by atoms with Crippen molar-refractivity contribution in [3.8, 4) is 6.07 Å². The van der Waals surface area contributed by atoms with Gasteiger partial charge in [-0.2, -0.15) is 17.0 Å². The molecule has 1 atom stereocenters. The van der Waals surface area contributed by atoms with Crippen molar-refractivity contribution in [3.63, 3.8) is 0 Å². The molecule has 3 heteroatoms. The molecule has 0 aromatic rings. The average molecular weight is 268 g/mol. The van der Waals surface area contributed by atoms with Crippen LogP contribution in [0.2, 0.25) is 0 Å². The third-order valence-corrected chi connectivity index (χ3v) is 5.26. The molecule has 1 rings (SSSR count). The second-order valence-corrected chi connectivity index (χ2v) is 6.97. The van der Waals surface area contributed by atoms with Crippen LogP contribution in [0.25, 0.3) is 0 Å². The van der Waals surface area contributed by atoms with Crippen LogP contribution in [-0.2, 0) is 0 Å². The first kappa shape index (κ1) is 15.9. The summed E-state index contributed by atoms with van der Waals surface area (Å²) in [6.07, 6.45) is 10.6. The fraction of sp³-hybridized carbons (Fsp3) is 0.933. The van der Waals surface area contributed by atoms with Crippen LogP contribution in [0.4, 0.5) is 0 Å². The van der Waals surface area contributed by atoms with Crippen molar-refractivity contribution in [1.29, 1.82) is 5.26 Å². The number of nitrogens with zero attached hydrogens (tertiary/aromatic N) is 1. The van der Waals surface area contributed by atoms with E-state index in [1.165, 1.54) is 44.3 Å². The minimum atomic E-state index is -0.315. The molecule has 0 saturated heterocycles. The van der Waals surface area contributed by atoms with E-state index in [2.05, 4.69) is 30.1 Å². The van der Waals surface area contributed by atoms with E-state index < -0.39 is 0 Å². The Labute approximate surface area is 117 Å². The van der Waals surface area contributed by atoms with Crippen molar-refractivity contribution in [2.45, 2.75) is 76.0 Å². The van der Waals surface area contributed by atoms with E-state index in [4.69, 9.17) is 5.26 Å². The Kier molecular flexibility index (Phi) is 7.77. The molecule has 1 saturated carbocycles. The molecule has 104 valence electrons. The van der Waals surface area contributed by atoms with Crippen molar-refractivity contribution < 1.29 is 0 Å². The Balaban J connectivity index is 2.05. The molecule has 1 aliphatic carbocycles. The molecule has 0 heterocycles. The van der Waals surface area contributed by atoms with E-state index >= 15 is 0 Å². The number of rotatable bonds is 8. The molecule has 0 radical (unpaired) electrons. The molecule has 1 aliphatic rings. The Bertz CT molecular complexity index is 256. The maximum Gasteiger partial charge on any atom is 0.103 e. The Hall–Kier alpha value is -0.200. The van der Waals surface area contributed by atoms with Crippen LogP contribution in [0.1, 0.15) is 65.2 Å². The van der Waals surface area contributed by atoms with Gasteiger partial charge < -0.3 is 0 Å². The highest BCUT2D eigenvalue weighted by Crippen LogP contribution is 2.29. The molecule has 1 unspecified atom stereocenters. The summed E-state index contributed by atoms with van der Waals surface area (Å²) in [6.45, 7) is 4.96. The number of hydrogen-bond donors (Lipinski definition) is 1. The van der Waals surface area contributed by atoms with Crippen molar-refractivity contribution >= 4 is 11.8 Å². The van der Waals surface area contributed by atoms with Gasteiger partial charge in [-0.15, -0.1) is 0 Å². The van der Waals surface area contributed by atoms with Gasteiger partial charge in [-0.05, 0) is 51.3 Å². The van der Waals surface area contributed by atoms with E-state index in [0.29, 0.717) is 0 Å². The van der Waals surface area contributed by atoms with E-state index in [1.54, 1.807) is 0 Å². The van der Waals surface area contributed by atoms with E-state index in [0.717, 1.165) is 24.6 Å². The highest BCUT2D eigenvalue weighted by atomic mass is 32.2. The number of hydrogen-bond acceptors (Lipinski definition) is 3. The SMILES string of the molecule is CCNC(C)(C#N)CCCCSC1CCCCC1. The summed E-state index contributed by atoms with van der Waals surface area (Å²) >= 11 is 2.17. The van der Waals surface area contributed by atoms with Gasteiger partial charge in [0.25, 0.3) is 0 Å². The highest BCUT2D eigenvalue weighted by Gasteiger charge is 2.21. The van der Waals surface area contributed by atoms with Gasteiger partial charge in [0, 0.05) is 5.25 Å². The number of nitriles is 1. The summed E-state index contributed by atoms with van der Waals surface area (Å²) in [6, 6.07) is 2.40. The second-order valence-electron chi connectivity index (χ2n) is 5.56. The summed E-state index contributed by atoms with van der Waals surface area (Å²) in [5, 5.41) is 13.4. The first-order valence-electron chi connectivity index (χ1n) is 7.48. The molecule has 2 nitrogen and oxygen atoms in total. The summed E-state index contributed by atoms with van der Waals surface area (Å²) in [7, 11) is 0. The second kappa shape index (κ2) is 8.82. The van der Waals surface area contributed by atoms with Gasteiger partial charge in [-0.3, -0.25) is 5.32 Å². The summed E-state index contributed by atoms with van der Waals surface area (Å²) < 4.78 is 0. The van der Waals surface area contributed by atoms with Gasteiger partial charge >= 0.3 is 0 Å². The van der Waals surface area contributed by atoms with E-state index in [-0.39, 0.29) is 5.54 Å². The van der Waals surface area contributed by atoms with Crippen LogP contribution in [0.15, 0.2) is 0 Å². The largest absolute Gasteiger partial charge is 0.300 e. The summed E-state index contributed by atoms with van der Waals surface area (Å²) in [5.74, 6) is 1.28. The van der Waals surface area contributed by atoms with Crippen LogP contribution < -0.4 is 5.32 Å². The molecule has 0 bridgehead atoms. The topological polar surface area (TPSA) is 35.8 Å². The van der Waals surface area contributed by atoms with Gasteiger partial charge in [0.15, 0.2) is 0 Å². The van der Waals surface area contributed by atoms with Crippen LogP contribution in [0, 0.1) is 11.3 Å². The molecular formula is C15H28N2S. The molecule has 0 aromatic carbocycles. The Morgan fingerprint density at radius 2 is 2.00 bits per heavy atom. The predicted octanol–water partition coefficient (Wildman–Crippen LogP) is 4.11. The first-order valence-corrected chi connectivity index (χ1v) is 8.53. The summed E-state index contributed by atoms with van der Waals surface area (Å²) in [4.78, 5) is 0. The lowest BCUT2D eigenvalue weighted by molar-refractivity contribution is 0.415. The lowest BCUT2D eigenvalue weighted by Gasteiger charge is -2.23. The maximum atomic E-state index is 9.16. The van der Waals surface area contributed by atoms with Crippen LogP contribution in [0.3, 0.4) is 0 Å². The molecule has 1 fully saturated rings. The molecule has 0 aromatic heterocycles. The fourth-order valence-corrected chi connectivity index (χ4v) is 4.01. The lowest BCUT2D eigenvalue weighted by Crippen LogP contribution is -2.40. The van der Waals surface area contributed by atoms with Crippen molar-refractivity contribution in [2.75, 3.05) is 12.3 Å². The van der Waals surface area contributed by atoms with Crippen LogP contribution >= 0.6 is 11.8 Å². The highest BCUT2D eigenvalue weighted by molar-refractivity contribution is 7.99. The van der Waals surface area contributed by atoms with Gasteiger partial charge in [0.05, 0.1) is 6.07 Å². The number of nitrogens with one attached hydrogen (secondary N) is 1. The predicted molar refractivity (Wildman–Crippen MR) is 80.9 cm³/mol. The van der Waals surface area contributed by atoms with Crippen molar-refractivity contribution in [3.05, 3.63) is 0 Å². The molecule has 18 heavy (non-hydrogen) atoms. The molecule has 0 amide bonds. The van der Waals surface area contributed by atoms with E-state index in [1.807, 2.05) is 6.92 Å². The smallest absolute Gasteiger partial charge is 0.103 e. The van der Waals surface area contributed by atoms with Crippen LogP contribution in [-0.4, -0.2) is 23.1 Å². The molecule has 1 N–H and O–H groups in total. The Morgan fingerprint density at radius 1 is 1.28 bits per heavy atom. The third kappa shape index (κ3) is 6.11. The van der Waals surface area contributed by atoms with E-state index in [9.17, 15) is 0 Å². The van der Waals surface area contributed by atoms with Gasteiger partial charge in [-0.25, -0.2) is 0 Å². The molecular weight excluding hydrogens is 240 g/mol. The average Bonchev–Trinajstić information content (AvgIpc) is 2.40. The zero-order valence-electron chi connectivity index (χ0n) is 12.0. The minimum absolute atomic E-state index is 0.315. The van der Waals surface area contributed by atoms with Gasteiger partial charge in [0.1, 0.15) is 5.54 Å². The number of unbranched alkanes of at least 4 members (excludes halogenated alkanes) is 1. The number of thioether (sulfide) groups is 1. The quantitative estimate of drug-likeness (QED) is 0.673. The molecule has 0 spiro atoms. The van der Waals surface area contributed by atoms with Crippen LogP contribution in [0.5, 0.6) is 0 Å². The fourth-order valence-electron chi connectivity index (χ4n) is 2.64. The normalized spacial score (nSPS) is 20.3. The van der Waals surface area contributed by atoms with Gasteiger partial charge in [-0.1, -0.05) is 26.2 Å². The third-order valence-electron chi connectivity index (χ3n) is 3.79. The Morgan fingerprint density at radius 3 is 2.61 bits per heavy atom. The monoisotopic (exact) mass is 268 g/mol. The molecule has 0 aliphatic heterocycles. The minimum Gasteiger partial charge on any atom is -0.300 e. The maximum absolute atomic E-state index is 9.16. The first-order chi connectivity index (χ1) is 8.70. The lowest BCUT2D eigenvalue weighted by atomic mass is 9.97. The zero-order chi connectivity index (χ0) is 13.3. The standard InChI is InChI=1S/C15H28N2S/c1-3-17-15(2,13-16)11-7-8-12-18-14-9-5-4-6-10-14/h14,17H,3-12H2,1-2H3.